The van der Waals surface area contributed by atoms with Gasteiger partial charge in [-0.25, -0.2) is 13.4 Å². The fourth-order valence-corrected chi connectivity index (χ4v) is 6.79. The second-order valence-electron chi connectivity index (χ2n) is 6.80. The Bertz CT molecular complexity index is 1230. The van der Waals surface area contributed by atoms with Crippen molar-refractivity contribution in [3.05, 3.63) is 32.1 Å². The molecule has 1 fully saturated rings. The molecule has 0 aromatic carbocycles. The molecule has 2 amide bonds. The number of aliphatic carboxylic acids is 1. The summed E-state index contributed by atoms with van der Waals surface area (Å²) in [5.41, 5.74) is 4.98. The number of halogens is 1. The summed E-state index contributed by atoms with van der Waals surface area (Å²) in [6, 6.07) is -1.05. The summed E-state index contributed by atoms with van der Waals surface area (Å²) in [5.74, 6) is -3.04. The number of nitrogens with zero attached hydrogens (tertiary/aromatic N) is 3. The molecule has 1 aromatic rings. The van der Waals surface area contributed by atoms with Gasteiger partial charge in [0, 0.05) is 16.9 Å². The normalized spacial score (nSPS) is 20.3. The van der Waals surface area contributed by atoms with E-state index in [9.17, 15) is 27.9 Å². The maximum atomic E-state index is 12.8. The third-order valence-corrected chi connectivity index (χ3v) is 8.64. The van der Waals surface area contributed by atoms with E-state index in [0.717, 1.165) is 34.3 Å². The van der Waals surface area contributed by atoms with Gasteiger partial charge in [0.2, 0.25) is 0 Å². The minimum absolute atomic E-state index is 0. The van der Waals surface area contributed by atoms with Crippen molar-refractivity contribution in [1.82, 2.24) is 15.2 Å². The summed E-state index contributed by atoms with van der Waals surface area (Å²) in [6.45, 7) is 0. The maximum absolute atomic E-state index is 12.8. The molecule has 18 heteroatoms. The number of thioether (sulfide) groups is 2. The number of rotatable bonds is 9. The van der Waals surface area contributed by atoms with Crippen molar-refractivity contribution in [2.45, 2.75) is 11.4 Å². The number of nitrogens with one attached hydrogen (secondary N) is 1. The average Bonchev–Trinajstić information content (AvgIpc) is 3.09. The fourth-order valence-electron chi connectivity index (χ4n) is 2.97. The van der Waals surface area contributed by atoms with E-state index >= 15 is 0 Å². The van der Waals surface area contributed by atoms with Crippen LogP contribution in [-0.4, -0.2) is 78.1 Å². The number of oxime groups is 1. The van der Waals surface area contributed by atoms with Crippen LogP contribution in [0, 0.1) is 0 Å². The summed E-state index contributed by atoms with van der Waals surface area (Å²) in [6.07, 6.45) is 2.45. The van der Waals surface area contributed by atoms with Gasteiger partial charge in [-0.2, -0.15) is 0 Å². The Morgan fingerprint density at radius 1 is 1.49 bits per heavy atom. The van der Waals surface area contributed by atoms with Gasteiger partial charge < -0.3 is 25.8 Å². The Kier molecular flexibility index (Phi) is 10.5. The van der Waals surface area contributed by atoms with E-state index in [1.165, 1.54) is 30.4 Å². The van der Waals surface area contributed by atoms with Gasteiger partial charge in [0.1, 0.15) is 28.6 Å². The number of carboxylic acids is 1. The number of β-lactam (4-membered cyclic amide) rings is 1. The smallest absolute Gasteiger partial charge is 0.543 e. The molecule has 1 aromatic heterocycles. The molecule has 0 bridgehead atoms. The van der Waals surface area contributed by atoms with Crippen molar-refractivity contribution in [1.29, 1.82) is 0 Å². The first-order valence-electron chi connectivity index (χ1n) is 9.17. The molecule has 0 spiro atoms. The van der Waals surface area contributed by atoms with E-state index in [-0.39, 0.29) is 67.6 Å². The zero-order valence-corrected chi connectivity index (χ0v) is 24.5. The SMILES string of the molecule is CO/N=C(\C(=O)NC1C(=O)N2C(C(=O)[O-])=C(S/C=C\CS(C)(=O)=O)CS[C@H]12)c1nc(N)sc1Cl.[Na+]. The minimum atomic E-state index is -3.22. The number of hydrogen-bond donors (Lipinski definition) is 2. The first kappa shape index (κ1) is 30.0. The van der Waals surface area contributed by atoms with Crippen LogP contribution >= 0.6 is 46.5 Å². The van der Waals surface area contributed by atoms with Crippen LogP contribution in [0.2, 0.25) is 4.34 Å². The van der Waals surface area contributed by atoms with Crippen molar-refractivity contribution < 1.29 is 62.3 Å². The first-order valence-corrected chi connectivity index (χ1v) is 14.4. The molecule has 3 rings (SSSR count). The molecule has 0 radical (unpaired) electrons. The molecule has 3 N–H and O–H groups in total. The number of fused-ring (bicyclic) bond motifs is 1. The predicted molar refractivity (Wildman–Crippen MR) is 129 cm³/mol. The number of amides is 2. The van der Waals surface area contributed by atoms with Gasteiger partial charge in [0.05, 0.1) is 17.4 Å². The number of nitrogens with two attached hydrogens (primary N) is 1. The van der Waals surface area contributed by atoms with Crippen LogP contribution < -0.4 is 45.7 Å². The second-order valence-corrected chi connectivity index (χ2v) is 12.7. The molecular weight excluding hydrogens is 573 g/mol. The molecule has 0 aliphatic carbocycles. The van der Waals surface area contributed by atoms with Gasteiger partial charge in [-0.1, -0.05) is 45.9 Å². The van der Waals surface area contributed by atoms with Gasteiger partial charge in [-0.05, 0) is 5.41 Å². The molecule has 2 aliphatic rings. The molecule has 184 valence electrons. The van der Waals surface area contributed by atoms with Crippen molar-refractivity contribution >= 4 is 84.9 Å². The molecule has 12 nitrogen and oxygen atoms in total. The Hall–Kier alpha value is -1.27. The number of nitrogen functional groups attached to an aromatic ring is 1. The molecule has 1 unspecified atom stereocenters. The Morgan fingerprint density at radius 2 is 2.17 bits per heavy atom. The first-order chi connectivity index (χ1) is 15.9. The van der Waals surface area contributed by atoms with E-state index in [0.29, 0.717) is 4.91 Å². The summed E-state index contributed by atoms with van der Waals surface area (Å²) in [4.78, 5) is 47.4. The van der Waals surface area contributed by atoms with Gasteiger partial charge >= 0.3 is 29.6 Å². The second kappa shape index (κ2) is 12.3. The van der Waals surface area contributed by atoms with E-state index in [4.69, 9.17) is 22.2 Å². The Labute approximate surface area is 239 Å². The van der Waals surface area contributed by atoms with Gasteiger partial charge in [0.15, 0.2) is 20.7 Å². The molecule has 2 aliphatic heterocycles. The molecule has 0 saturated carbocycles. The number of thiazole rings is 1. The van der Waals surface area contributed by atoms with Crippen LogP contribution in [0.1, 0.15) is 5.69 Å². The summed E-state index contributed by atoms with van der Waals surface area (Å²) in [7, 11) is -2.01. The van der Waals surface area contributed by atoms with E-state index in [2.05, 4.69) is 15.5 Å². The van der Waals surface area contributed by atoms with Crippen LogP contribution in [0.15, 0.2) is 27.2 Å². The third-order valence-electron chi connectivity index (χ3n) is 4.34. The largest absolute Gasteiger partial charge is 1.00 e. The number of aromatic nitrogens is 1. The van der Waals surface area contributed by atoms with Crippen LogP contribution in [0.25, 0.3) is 0 Å². The standard InChI is InChI=1S/C17H18ClN5O7S4.Na/c1-30-22-9(8-12(18)33-17(19)21-8)13(24)20-10-14(25)23-11(16(26)27)7(6-32-15(10)23)31-4-3-5-34(2,28)29;/h3-4,10,15H,5-6H2,1-2H3,(H2,19,21)(H,20,24)(H,26,27);/q;+1/p-1/b4-3-,22-9-;/t10?,15-;/m1./s1. The average molecular weight is 590 g/mol. The van der Waals surface area contributed by atoms with Crippen LogP contribution in [0.4, 0.5) is 5.13 Å². The zero-order chi connectivity index (χ0) is 25.2. The Morgan fingerprint density at radius 3 is 2.71 bits per heavy atom. The number of anilines is 1. The van der Waals surface area contributed by atoms with Gasteiger partial charge in [-0.15, -0.1) is 11.8 Å². The fraction of sp³-hybridized carbons (Fsp3) is 0.353. The van der Waals surface area contributed by atoms with Gasteiger partial charge in [0.25, 0.3) is 11.8 Å². The maximum Gasteiger partial charge on any atom is 1.00 e. The minimum Gasteiger partial charge on any atom is -0.543 e. The summed E-state index contributed by atoms with van der Waals surface area (Å²) >= 11 is 9.19. The molecule has 1 saturated heterocycles. The van der Waals surface area contributed by atoms with E-state index in [1.807, 2.05) is 0 Å². The Balaban J connectivity index is 0.00000432. The predicted octanol–water partition coefficient (Wildman–Crippen LogP) is -3.61. The van der Waals surface area contributed by atoms with Crippen LogP contribution in [-0.2, 0) is 29.1 Å². The van der Waals surface area contributed by atoms with Crippen molar-refractivity contribution in [3.8, 4) is 0 Å². The molecule has 2 atom stereocenters. The number of carbonyl (C=O) groups is 3. The number of carbonyl (C=O) groups excluding carboxylic acids is 3. The monoisotopic (exact) mass is 589 g/mol. The molecule has 35 heavy (non-hydrogen) atoms. The van der Waals surface area contributed by atoms with Crippen molar-refractivity contribution in [2.24, 2.45) is 5.16 Å². The van der Waals surface area contributed by atoms with Crippen molar-refractivity contribution in [2.75, 3.05) is 30.6 Å². The van der Waals surface area contributed by atoms with Crippen LogP contribution in [0.3, 0.4) is 0 Å². The van der Waals surface area contributed by atoms with Gasteiger partial charge in [-0.3, -0.25) is 14.5 Å². The topological polar surface area (TPSA) is 184 Å². The van der Waals surface area contributed by atoms with Crippen LogP contribution in [0.5, 0.6) is 0 Å². The summed E-state index contributed by atoms with van der Waals surface area (Å²) < 4.78 is 22.6. The number of carboxylic acid groups (broad SMARTS) is 1. The van der Waals surface area contributed by atoms with E-state index in [1.54, 1.807) is 0 Å². The quantitative estimate of drug-likeness (QED) is 0.125. The third kappa shape index (κ3) is 6.94. The van der Waals surface area contributed by atoms with Crippen molar-refractivity contribution in [3.63, 3.8) is 0 Å². The summed E-state index contributed by atoms with van der Waals surface area (Å²) in [5, 5.41) is 18.8. The number of sulfone groups is 1. The molecule has 3 heterocycles. The molecular formula is C17H17ClN5NaO7S4. The number of hydrogen-bond acceptors (Lipinski definition) is 13. The van der Waals surface area contributed by atoms with E-state index < -0.39 is 39.0 Å². The zero-order valence-electron chi connectivity index (χ0n) is 18.5.